The lowest BCUT2D eigenvalue weighted by Gasteiger charge is -2.29. The summed E-state index contributed by atoms with van der Waals surface area (Å²) in [6.45, 7) is 5.22. The van der Waals surface area contributed by atoms with Gasteiger partial charge in [-0.25, -0.2) is 0 Å². The molecule has 1 aliphatic rings. The second-order valence-electron chi connectivity index (χ2n) is 4.40. The highest BCUT2D eigenvalue weighted by Crippen LogP contribution is 2.02. The van der Waals surface area contributed by atoms with Gasteiger partial charge in [-0.1, -0.05) is 6.07 Å². The van der Waals surface area contributed by atoms with Crippen LogP contribution in [0.3, 0.4) is 0 Å². The van der Waals surface area contributed by atoms with Gasteiger partial charge < -0.3 is 15.0 Å². The van der Waals surface area contributed by atoms with Crippen LogP contribution in [0, 0.1) is 0 Å². The quantitative estimate of drug-likeness (QED) is 0.840. The van der Waals surface area contributed by atoms with Crippen LogP contribution in [0.15, 0.2) is 24.5 Å². The van der Waals surface area contributed by atoms with Crippen molar-refractivity contribution in [1.82, 2.24) is 15.2 Å². The van der Waals surface area contributed by atoms with Crippen molar-refractivity contribution in [1.29, 1.82) is 0 Å². The molecule has 0 radical (unpaired) electrons. The Morgan fingerprint density at radius 2 is 2.33 bits per heavy atom. The molecule has 1 aromatic rings. The van der Waals surface area contributed by atoms with Gasteiger partial charge in [-0.2, -0.15) is 0 Å². The highest BCUT2D eigenvalue weighted by atomic mass is 16.5. The van der Waals surface area contributed by atoms with E-state index in [2.05, 4.69) is 10.3 Å². The first kappa shape index (κ1) is 13.0. The van der Waals surface area contributed by atoms with Crippen LogP contribution in [0.2, 0.25) is 0 Å². The zero-order chi connectivity index (χ0) is 12.8. The fourth-order valence-corrected chi connectivity index (χ4v) is 1.92. The van der Waals surface area contributed by atoms with E-state index in [1.165, 1.54) is 0 Å². The summed E-state index contributed by atoms with van der Waals surface area (Å²) in [6.07, 6.45) is 3.55. The van der Waals surface area contributed by atoms with Crippen molar-refractivity contribution in [2.45, 2.75) is 19.5 Å². The molecule has 1 atom stereocenters. The summed E-state index contributed by atoms with van der Waals surface area (Å²) < 4.78 is 5.24. The maximum atomic E-state index is 12.1. The maximum Gasteiger partial charge on any atom is 0.239 e. The van der Waals surface area contributed by atoms with Crippen LogP contribution in [-0.2, 0) is 16.1 Å². The van der Waals surface area contributed by atoms with Gasteiger partial charge in [-0.15, -0.1) is 0 Å². The zero-order valence-corrected chi connectivity index (χ0v) is 10.6. The molecule has 0 spiro atoms. The summed E-state index contributed by atoms with van der Waals surface area (Å²) in [6, 6.07) is 3.71. The molecule has 0 bridgehead atoms. The lowest BCUT2D eigenvalue weighted by Crippen LogP contribution is -2.49. The number of hydrogen-bond acceptors (Lipinski definition) is 4. The Hall–Kier alpha value is -1.46. The number of hydrogen-bond donors (Lipinski definition) is 1. The van der Waals surface area contributed by atoms with Crippen molar-refractivity contribution >= 4 is 5.91 Å². The Bertz CT molecular complexity index is 377. The summed E-state index contributed by atoms with van der Waals surface area (Å²) in [4.78, 5) is 18.0. The minimum absolute atomic E-state index is 0.141. The second kappa shape index (κ2) is 6.47. The molecule has 1 saturated heterocycles. The maximum absolute atomic E-state index is 12.1. The third-order valence-corrected chi connectivity index (χ3v) is 3.03. The van der Waals surface area contributed by atoms with Gasteiger partial charge in [0, 0.05) is 32.0 Å². The molecule has 1 unspecified atom stereocenters. The molecule has 0 aromatic carbocycles. The number of aromatic nitrogens is 1. The molecule has 5 nitrogen and oxygen atoms in total. The van der Waals surface area contributed by atoms with Crippen molar-refractivity contribution in [3.63, 3.8) is 0 Å². The van der Waals surface area contributed by atoms with E-state index in [1.54, 1.807) is 12.4 Å². The van der Waals surface area contributed by atoms with E-state index < -0.39 is 0 Å². The molecule has 1 amide bonds. The molecular formula is C13H19N3O2. The predicted octanol–water partition coefficient (Wildman–Crippen LogP) is 0.418. The first-order valence-corrected chi connectivity index (χ1v) is 6.26. The van der Waals surface area contributed by atoms with Gasteiger partial charge in [0.15, 0.2) is 0 Å². The zero-order valence-electron chi connectivity index (χ0n) is 10.6. The van der Waals surface area contributed by atoms with Crippen molar-refractivity contribution < 1.29 is 9.53 Å². The topological polar surface area (TPSA) is 54.5 Å². The van der Waals surface area contributed by atoms with E-state index in [0.717, 1.165) is 5.56 Å². The van der Waals surface area contributed by atoms with E-state index in [-0.39, 0.29) is 11.9 Å². The minimum Gasteiger partial charge on any atom is -0.378 e. The number of morpholine rings is 1. The standard InChI is InChI=1S/C13H19N3O2/c1-11(13(17)16-5-7-18-8-6-16)15-10-12-3-2-4-14-9-12/h2-4,9,11,15H,5-8,10H2,1H3. The fraction of sp³-hybridized carbons (Fsp3) is 0.538. The summed E-state index contributed by atoms with van der Waals surface area (Å²) in [5.41, 5.74) is 1.08. The molecule has 1 aromatic heterocycles. The first-order valence-electron chi connectivity index (χ1n) is 6.26. The van der Waals surface area contributed by atoms with Gasteiger partial charge in [-0.3, -0.25) is 9.78 Å². The summed E-state index contributed by atoms with van der Waals surface area (Å²) in [5.74, 6) is 0.141. The van der Waals surface area contributed by atoms with Gasteiger partial charge in [-0.05, 0) is 18.6 Å². The average Bonchev–Trinajstić information content (AvgIpc) is 2.46. The number of carbonyl (C=O) groups is 1. The van der Waals surface area contributed by atoms with Crippen molar-refractivity contribution in [3.05, 3.63) is 30.1 Å². The summed E-state index contributed by atoms with van der Waals surface area (Å²) in [5, 5.41) is 3.22. The van der Waals surface area contributed by atoms with Gasteiger partial charge in [0.05, 0.1) is 19.3 Å². The lowest BCUT2D eigenvalue weighted by atomic mass is 10.2. The van der Waals surface area contributed by atoms with Crippen molar-refractivity contribution in [3.8, 4) is 0 Å². The van der Waals surface area contributed by atoms with Crippen molar-refractivity contribution in [2.24, 2.45) is 0 Å². The van der Waals surface area contributed by atoms with Gasteiger partial charge in [0.25, 0.3) is 0 Å². The number of rotatable bonds is 4. The molecule has 5 heteroatoms. The molecule has 0 aliphatic carbocycles. The Kier molecular flexibility index (Phi) is 4.66. The van der Waals surface area contributed by atoms with E-state index in [0.29, 0.717) is 32.8 Å². The average molecular weight is 249 g/mol. The van der Waals surface area contributed by atoms with Crippen LogP contribution in [0.25, 0.3) is 0 Å². The number of carbonyl (C=O) groups excluding carboxylic acids is 1. The normalized spacial score (nSPS) is 17.5. The van der Waals surface area contributed by atoms with E-state index >= 15 is 0 Å². The predicted molar refractivity (Wildman–Crippen MR) is 67.9 cm³/mol. The van der Waals surface area contributed by atoms with Gasteiger partial charge >= 0.3 is 0 Å². The van der Waals surface area contributed by atoms with E-state index in [1.807, 2.05) is 24.0 Å². The monoisotopic (exact) mass is 249 g/mol. The highest BCUT2D eigenvalue weighted by Gasteiger charge is 2.21. The third kappa shape index (κ3) is 3.51. The Morgan fingerprint density at radius 3 is 3.00 bits per heavy atom. The lowest BCUT2D eigenvalue weighted by molar-refractivity contribution is -0.137. The van der Waals surface area contributed by atoms with Crippen molar-refractivity contribution in [2.75, 3.05) is 26.3 Å². The number of amides is 1. The molecule has 1 fully saturated rings. The Labute approximate surface area is 107 Å². The molecule has 98 valence electrons. The van der Waals surface area contributed by atoms with Crippen LogP contribution < -0.4 is 5.32 Å². The largest absolute Gasteiger partial charge is 0.378 e. The van der Waals surface area contributed by atoms with Crippen LogP contribution in [0.1, 0.15) is 12.5 Å². The number of nitrogens with zero attached hydrogens (tertiary/aromatic N) is 2. The second-order valence-corrected chi connectivity index (χ2v) is 4.40. The van der Waals surface area contributed by atoms with Crippen LogP contribution in [0.5, 0.6) is 0 Å². The smallest absolute Gasteiger partial charge is 0.239 e. The SMILES string of the molecule is CC(NCc1cccnc1)C(=O)N1CCOCC1. The van der Waals surface area contributed by atoms with Crippen LogP contribution in [0.4, 0.5) is 0 Å². The first-order chi connectivity index (χ1) is 8.77. The van der Waals surface area contributed by atoms with Crippen LogP contribution >= 0.6 is 0 Å². The molecule has 2 rings (SSSR count). The molecule has 1 N–H and O–H groups in total. The van der Waals surface area contributed by atoms with E-state index in [9.17, 15) is 4.79 Å². The van der Waals surface area contributed by atoms with Crippen LogP contribution in [-0.4, -0.2) is 48.1 Å². The fourth-order valence-electron chi connectivity index (χ4n) is 1.92. The molecule has 1 aliphatic heterocycles. The minimum atomic E-state index is -0.177. The Balaban J connectivity index is 1.80. The summed E-state index contributed by atoms with van der Waals surface area (Å²) in [7, 11) is 0. The number of nitrogens with one attached hydrogen (secondary N) is 1. The van der Waals surface area contributed by atoms with Gasteiger partial charge in [0.1, 0.15) is 0 Å². The third-order valence-electron chi connectivity index (χ3n) is 3.03. The Morgan fingerprint density at radius 1 is 1.56 bits per heavy atom. The molecular weight excluding hydrogens is 230 g/mol. The molecule has 0 saturated carbocycles. The summed E-state index contributed by atoms with van der Waals surface area (Å²) >= 11 is 0. The highest BCUT2D eigenvalue weighted by molar-refractivity contribution is 5.81. The number of pyridine rings is 1. The van der Waals surface area contributed by atoms with Gasteiger partial charge in [0.2, 0.25) is 5.91 Å². The molecule has 18 heavy (non-hydrogen) atoms. The number of ether oxygens (including phenoxy) is 1. The molecule has 2 heterocycles. The van der Waals surface area contributed by atoms with E-state index in [4.69, 9.17) is 4.74 Å².